The van der Waals surface area contributed by atoms with Crippen LogP contribution < -0.4 is 5.32 Å². The van der Waals surface area contributed by atoms with Gasteiger partial charge in [0.2, 0.25) is 0 Å². The van der Waals surface area contributed by atoms with Crippen LogP contribution in [0.15, 0.2) is 24.3 Å². The Bertz CT molecular complexity index is 429. The molecule has 110 valence electrons. The standard InChI is InChI=1S/C18H28N2/c1-2-15-6-5-12-20(13-10-15)18-9-11-19-14-16-7-3-4-8-17(16)18/h3-4,7-8,15,18-19H,2,5-6,9-14H2,1H3. The molecule has 0 radical (unpaired) electrons. The highest BCUT2D eigenvalue weighted by Gasteiger charge is 2.26. The Morgan fingerprint density at radius 3 is 2.95 bits per heavy atom. The summed E-state index contributed by atoms with van der Waals surface area (Å²) in [5.41, 5.74) is 3.08. The van der Waals surface area contributed by atoms with Crippen LogP contribution in [0, 0.1) is 5.92 Å². The molecular formula is C18H28N2. The van der Waals surface area contributed by atoms with Crippen molar-refractivity contribution in [3.05, 3.63) is 35.4 Å². The average molecular weight is 272 g/mol. The van der Waals surface area contributed by atoms with Crippen LogP contribution in [0.5, 0.6) is 0 Å². The van der Waals surface area contributed by atoms with E-state index in [9.17, 15) is 0 Å². The van der Waals surface area contributed by atoms with Crippen molar-refractivity contribution < 1.29 is 0 Å². The van der Waals surface area contributed by atoms with E-state index in [0.29, 0.717) is 6.04 Å². The van der Waals surface area contributed by atoms with Gasteiger partial charge in [0.15, 0.2) is 0 Å². The minimum Gasteiger partial charge on any atom is -0.313 e. The molecule has 2 unspecified atom stereocenters. The van der Waals surface area contributed by atoms with Crippen LogP contribution >= 0.6 is 0 Å². The van der Waals surface area contributed by atoms with Crippen LogP contribution in [0.4, 0.5) is 0 Å². The predicted molar refractivity (Wildman–Crippen MR) is 84.7 cm³/mol. The number of hydrogen-bond donors (Lipinski definition) is 1. The number of hydrogen-bond acceptors (Lipinski definition) is 2. The van der Waals surface area contributed by atoms with E-state index in [1.807, 2.05) is 0 Å². The Labute approximate surface area is 123 Å². The third-order valence-corrected chi connectivity index (χ3v) is 5.22. The molecule has 20 heavy (non-hydrogen) atoms. The lowest BCUT2D eigenvalue weighted by Crippen LogP contribution is -2.31. The largest absolute Gasteiger partial charge is 0.313 e. The molecule has 2 atom stereocenters. The van der Waals surface area contributed by atoms with Gasteiger partial charge in [0, 0.05) is 12.6 Å². The second-order valence-corrected chi connectivity index (χ2v) is 6.42. The first kappa shape index (κ1) is 14.1. The number of nitrogens with one attached hydrogen (secondary N) is 1. The molecule has 1 N–H and O–H groups in total. The molecule has 0 aliphatic carbocycles. The van der Waals surface area contributed by atoms with Crippen molar-refractivity contribution in [1.82, 2.24) is 10.2 Å². The highest BCUT2D eigenvalue weighted by atomic mass is 15.2. The minimum absolute atomic E-state index is 0.636. The highest BCUT2D eigenvalue weighted by molar-refractivity contribution is 5.31. The number of rotatable bonds is 2. The molecule has 3 rings (SSSR count). The van der Waals surface area contributed by atoms with Crippen LogP contribution in [0.2, 0.25) is 0 Å². The zero-order valence-corrected chi connectivity index (χ0v) is 12.8. The average Bonchev–Trinajstić information content (AvgIpc) is 2.85. The molecule has 0 amide bonds. The Balaban J connectivity index is 1.79. The van der Waals surface area contributed by atoms with Crippen molar-refractivity contribution in [2.45, 2.75) is 51.6 Å². The molecule has 0 spiro atoms. The zero-order valence-electron chi connectivity index (χ0n) is 12.8. The fourth-order valence-corrected chi connectivity index (χ4v) is 3.92. The SMILES string of the molecule is CCC1CCCN(C2CCNCc3ccccc32)CC1. The van der Waals surface area contributed by atoms with Crippen LogP contribution in [-0.4, -0.2) is 24.5 Å². The minimum atomic E-state index is 0.636. The summed E-state index contributed by atoms with van der Waals surface area (Å²) in [6, 6.07) is 9.68. The summed E-state index contributed by atoms with van der Waals surface area (Å²) in [5, 5.41) is 3.58. The lowest BCUT2D eigenvalue weighted by Gasteiger charge is -2.31. The van der Waals surface area contributed by atoms with E-state index in [4.69, 9.17) is 0 Å². The number of benzene rings is 1. The Kier molecular flexibility index (Phi) is 4.74. The fraction of sp³-hybridized carbons (Fsp3) is 0.667. The molecule has 2 heteroatoms. The zero-order chi connectivity index (χ0) is 13.8. The molecule has 1 fully saturated rings. The van der Waals surface area contributed by atoms with E-state index >= 15 is 0 Å². The number of nitrogens with zero attached hydrogens (tertiary/aromatic N) is 1. The van der Waals surface area contributed by atoms with Gasteiger partial charge >= 0.3 is 0 Å². The van der Waals surface area contributed by atoms with E-state index < -0.39 is 0 Å². The summed E-state index contributed by atoms with van der Waals surface area (Å²) in [6.45, 7) is 7.11. The second kappa shape index (κ2) is 6.73. The van der Waals surface area contributed by atoms with Gasteiger partial charge in [0.25, 0.3) is 0 Å². The Morgan fingerprint density at radius 1 is 1.15 bits per heavy atom. The normalized spacial score (nSPS) is 28.4. The molecule has 2 aliphatic rings. The molecule has 1 aromatic rings. The lowest BCUT2D eigenvalue weighted by atomic mass is 9.97. The van der Waals surface area contributed by atoms with Gasteiger partial charge < -0.3 is 5.32 Å². The molecule has 0 aromatic heterocycles. The lowest BCUT2D eigenvalue weighted by molar-refractivity contribution is 0.194. The highest BCUT2D eigenvalue weighted by Crippen LogP contribution is 2.32. The molecule has 2 aliphatic heterocycles. The first-order valence-corrected chi connectivity index (χ1v) is 8.41. The first-order chi connectivity index (χ1) is 9.88. The van der Waals surface area contributed by atoms with Crippen molar-refractivity contribution in [2.24, 2.45) is 5.92 Å². The van der Waals surface area contributed by atoms with E-state index in [2.05, 4.69) is 41.4 Å². The maximum Gasteiger partial charge on any atom is 0.0363 e. The molecule has 1 aromatic carbocycles. The van der Waals surface area contributed by atoms with Gasteiger partial charge in [-0.3, -0.25) is 4.90 Å². The van der Waals surface area contributed by atoms with Crippen LogP contribution in [0.1, 0.15) is 56.2 Å². The number of likely N-dealkylation sites (tertiary alicyclic amines) is 1. The summed E-state index contributed by atoms with van der Waals surface area (Å²) < 4.78 is 0. The molecule has 2 heterocycles. The van der Waals surface area contributed by atoms with Gasteiger partial charge in [-0.1, -0.05) is 37.6 Å². The van der Waals surface area contributed by atoms with Gasteiger partial charge in [-0.15, -0.1) is 0 Å². The second-order valence-electron chi connectivity index (χ2n) is 6.42. The van der Waals surface area contributed by atoms with Gasteiger partial charge in [0.05, 0.1) is 0 Å². The van der Waals surface area contributed by atoms with Gasteiger partial charge in [-0.25, -0.2) is 0 Å². The maximum absolute atomic E-state index is 3.58. The molecular weight excluding hydrogens is 244 g/mol. The summed E-state index contributed by atoms with van der Waals surface area (Å²) in [5.74, 6) is 0.958. The summed E-state index contributed by atoms with van der Waals surface area (Å²) in [6.07, 6.45) is 6.82. The molecule has 0 bridgehead atoms. The summed E-state index contributed by atoms with van der Waals surface area (Å²) in [4.78, 5) is 2.77. The van der Waals surface area contributed by atoms with Crippen molar-refractivity contribution in [2.75, 3.05) is 19.6 Å². The quantitative estimate of drug-likeness (QED) is 0.882. The van der Waals surface area contributed by atoms with E-state index in [-0.39, 0.29) is 0 Å². The Morgan fingerprint density at radius 2 is 2.05 bits per heavy atom. The van der Waals surface area contributed by atoms with E-state index in [1.165, 1.54) is 50.8 Å². The summed E-state index contributed by atoms with van der Waals surface area (Å²) >= 11 is 0. The van der Waals surface area contributed by atoms with Crippen LogP contribution in [-0.2, 0) is 6.54 Å². The van der Waals surface area contributed by atoms with Crippen LogP contribution in [0.3, 0.4) is 0 Å². The van der Waals surface area contributed by atoms with Crippen LogP contribution in [0.25, 0.3) is 0 Å². The molecule has 0 saturated carbocycles. The van der Waals surface area contributed by atoms with Crippen molar-refractivity contribution in [1.29, 1.82) is 0 Å². The van der Waals surface area contributed by atoms with Crippen molar-refractivity contribution in [3.63, 3.8) is 0 Å². The van der Waals surface area contributed by atoms with Gasteiger partial charge in [-0.2, -0.15) is 0 Å². The third kappa shape index (κ3) is 3.07. The topological polar surface area (TPSA) is 15.3 Å². The Hall–Kier alpha value is -0.860. The van der Waals surface area contributed by atoms with Gasteiger partial charge in [-0.05, 0) is 62.4 Å². The molecule has 2 nitrogen and oxygen atoms in total. The van der Waals surface area contributed by atoms with E-state index in [1.54, 1.807) is 5.56 Å². The maximum atomic E-state index is 3.58. The number of fused-ring (bicyclic) bond motifs is 1. The predicted octanol–water partition coefficient (Wildman–Crippen LogP) is 3.73. The van der Waals surface area contributed by atoms with E-state index in [0.717, 1.165) is 19.0 Å². The first-order valence-electron chi connectivity index (χ1n) is 8.41. The summed E-state index contributed by atoms with van der Waals surface area (Å²) in [7, 11) is 0. The smallest absolute Gasteiger partial charge is 0.0363 e. The van der Waals surface area contributed by atoms with Crippen molar-refractivity contribution >= 4 is 0 Å². The molecule has 1 saturated heterocycles. The fourth-order valence-electron chi connectivity index (χ4n) is 3.92. The van der Waals surface area contributed by atoms with Gasteiger partial charge in [0.1, 0.15) is 0 Å². The van der Waals surface area contributed by atoms with Crippen molar-refractivity contribution in [3.8, 4) is 0 Å². The monoisotopic (exact) mass is 272 g/mol. The third-order valence-electron chi connectivity index (χ3n) is 5.22.